The third-order valence-electron chi connectivity index (χ3n) is 4.45. The fraction of sp³-hybridized carbons (Fsp3) is 0.867. The van der Waals surface area contributed by atoms with E-state index in [-0.39, 0.29) is 11.9 Å². The first-order valence-electron chi connectivity index (χ1n) is 7.21. The highest BCUT2D eigenvalue weighted by Gasteiger charge is 2.40. The van der Waals surface area contributed by atoms with E-state index in [1.54, 1.807) is 20.8 Å². The molecule has 2 N–H and O–H groups in total. The van der Waals surface area contributed by atoms with Crippen LogP contribution in [0.5, 0.6) is 0 Å². The van der Waals surface area contributed by atoms with Crippen molar-refractivity contribution in [1.29, 1.82) is 0 Å². The van der Waals surface area contributed by atoms with Crippen molar-refractivity contribution in [3.05, 3.63) is 0 Å². The molecule has 0 aliphatic heterocycles. The predicted molar refractivity (Wildman–Crippen MR) is 74.7 cm³/mol. The lowest BCUT2D eigenvalue weighted by Gasteiger charge is -2.29. The van der Waals surface area contributed by atoms with E-state index in [9.17, 15) is 14.7 Å². The molecule has 1 aliphatic carbocycles. The summed E-state index contributed by atoms with van der Waals surface area (Å²) in [6.45, 7) is 9.69. The molecule has 19 heavy (non-hydrogen) atoms. The molecule has 0 heterocycles. The molecule has 0 radical (unpaired) electrons. The minimum absolute atomic E-state index is 0.127. The summed E-state index contributed by atoms with van der Waals surface area (Å²) >= 11 is 0. The summed E-state index contributed by atoms with van der Waals surface area (Å²) in [5, 5.41) is 12.2. The predicted octanol–water partition coefficient (Wildman–Crippen LogP) is 2.67. The van der Waals surface area contributed by atoms with Gasteiger partial charge in [-0.15, -0.1) is 0 Å². The molecule has 1 saturated carbocycles. The first kappa shape index (κ1) is 16.0. The summed E-state index contributed by atoms with van der Waals surface area (Å²) < 4.78 is 0. The molecule has 1 aliphatic rings. The van der Waals surface area contributed by atoms with Crippen LogP contribution in [-0.4, -0.2) is 23.0 Å². The van der Waals surface area contributed by atoms with Crippen molar-refractivity contribution in [2.24, 2.45) is 23.2 Å². The summed E-state index contributed by atoms with van der Waals surface area (Å²) in [7, 11) is 0. The van der Waals surface area contributed by atoms with E-state index in [1.165, 1.54) is 0 Å². The van der Waals surface area contributed by atoms with Crippen molar-refractivity contribution >= 4 is 11.9 Å². The van der Waals surface area contributed by atoms with Crippen LogP contribution >= 0.6 is 0 Å². The van der Waals surface area contributed by atoms with Gasteiger partial charge in [-0.05, 0) is 30.1 Å². The van der Waals surface area contributed by atoms with Crippen LogP contribution in [0.15, 0.2) is 0 Å². The average molecular weight is 269 g/mol. The monoisotopic (exact) mass is 269 g/mol. The van der Waals surface area contributed by atoms with Gasteiger partial charge in [0.15, 0.2) is 0 Å². The molecule has 4 unspecified atom stereocenters. The zero-order valence-corrected chi connectivity index (χ0v) is 12.7. The quantitative estimate of drug-likeness (QED) is 0.771. The molecule has 1 rings (SSSR count). The molecule has 0 spiro atoms. The number of aliphatic carboxylic acids is 1. The number of nitrogens with one attached hydrogen (secondary N) is 1. The topological polar surface area (TPSA) is 66.4 Å². The van der Waals surface area contributed by atoms with E-state index in [0.717, 1.165) is 19.3 Å². The summed E-state index contributed by atoms with van der Waals surface area (Å²) in [5.41, 5.74) is -0.568. The van der Waals surface area contributed by atoms with E-state index in [4.69, 9.17) is 0 Å². The second-order valence-corrected chi connectivity index (χ2v) is 6.86. The first-order valence-corrected chi connectivity index (χ1v) is 7.21. The molecule has 1 amide bonds. The number of carboxylic acids is 1. The minimum atomic E-state index is -1.04. The highest BCUT2D eigenvalue weighted by atomic mass is 16.4. The number of hydrogen-bond donors (Lipinski definition) is 2. The molecule has 4 nitrogen and oxygen atoms in total. The van der Waals surface area contributed by atoms with E-state index in [0.29, 0.717) is 11.8 Å². The van der Waals surface area contributed by atoms with Crippen molar-refractivity contribution in [1.82, 2.24) is 5.32 Å². The average Bonchev–Trinajstić information content (AvgIpc) is 2.57. The van der Waals surface area contributed by atoms with Gasteiger partial charge >= 0.3 is 5.97 Å². The van der Waals surface area contributed by atoms with Crippen molar-refractivity contribution < 1.29 is 14.7 Å². The van der Waals surface area contributed by atoms with Gasteiger partial charge in [-0.25, -0.2) is 0 Å². The molecule has 0 saturated heterocycles. The molecule has 0 aromatic rings. The maximum Gasteiger partial charge on any atom is 0.316 e. The second kappa shape index (κ2) is 5.93. The molecule has 0 aromatic carbocycles. The van der Waals surface area contributed by atoms with Crippen LogP contribution in [0.4, 0.5) is 0 Å². The summed E-state index contributed by atoms with van der Waals surface area (Å²) in [4.78, 5) is 23.5. The molecule has 0 bridgehead atoms. The Morgan fingerprint density at radius 2 is 1.89 bits per heavy atom. The summed E-state index contributed by atoms with van der Waals surface area (Å²) in [6.07, 6.45) is 3.20. The Morgan fingerprint density at radius 1 is 1.32 bits per heavy atom. The maximum atomic E-state index is 12.2. The fourth-order valence-electron chi connectivity index (χ4n) is 3.17. The lowest BCUT2D eigenvalue weighted by Crippen LogP contribution is -2.47. The molecule has 4 atom stereocenters. The number of rotatable bonds is 4. The van der Waals surface area contributed by atoms with Crippen molar-refractivity contribution in [3.63, 3.8) is 0 Å². The van der Waals surface area contributed by atoms with Crippen LogP contribution in [0.3, 0.4) is 0 Å². The number of carboxylic acid groups (broad SMARTS) is 1. The third-order valence-corrected chi connectivity index (χ3v) is 4.45. The number of amides is 1. The molecule has 0 aromatic heterocycles. The highest BCUT2D eigenvalue weighted by molar-refractivity contribution is 5.97. The zero-order chi connectivity index (χ0) is 14.8. The van der Waals surface area contributed by atoms with Gasteiger partial charge in [0.1, 0.15) is 5.92 Å². The van der Waals surface area contributed by atoms with E-state index < -0.39 is 17.3 Å². The fourth-order valence-corrected chi connectivity index (χ4v) is 3.17. The van der Waals surface area contributed by atoms with Crippen LogP contribution in [-0.2, 0) is 9.59 Å². The minimum Gasteiger partial charge on any atom is -0.481 e. The van der Waals surface area contributed by atoms with Crippen LogP contribution in [0.2, 0.25) is 0 Å². The van der Waals surface area contributed by atoms with Crippen LogP contribution in [0, 0.1) is 23.2 Å². The highest BCUT2D eigenvalue weighted by Crippen LogP contribution is 2.34. The van der Waals surface area contributed by atoms with Gasteiger partial charge in [0.05, 0.1) is 0 Å². The first-order chi connectivity index (χ1) is 8.68. The van der Waals surface area contributed by atoms with Crippen molar-refractivity contribution in [2.45, 2.75) is 59.9 Å². The lowest BCUT2D eigenvalue weighted by atomic mass is 9.80. The van der Waals surface area contributed by atoms with Gasteiger partial charge in [-0.2, -0.15) is 0 Å². The smallest absolute Gasteiger partial charge is 0.316 e. The van der Waals surface area contributed by atoms with Crippen molar-refractivity contribution in [2.75, 3.05) is 0 Å². The van der Waals surface area contributed by atoms with Gasteiger partial charge in [-0.1, -0.05) is 41.0 Å². The SMILES string of the molecule is CCC1CCC(NC(=O)C(C(=O)O)C(C)(C)C)C1C. The second-order valence-electron chi connectivity index (χ2n) is 6.86. The Labute approximate surface area is 116 Å². The van der Waals surface area contributed by atoms with E-state index >= 15 is 0 Å². The van der Waals surface area contributed by atoms with Gasteiger partial charge < -0.3 is 10.4 Å². The molecule has 4 heteroatoms. The van der Waals surface area contributed by atoms with Gasteiger partial charge in [0.25, 0.3) is 0 Å². The molecular weight excluding hydrogens is 242 g/mol. The normalized spacial score (nSPS) is 29.0. The Balaban J connectivity index is 2.71. The third kappa shape index (κ3) is 3.71. The Morgan fingerprint density at radius 3 is 2.26 bits per heavy atom. The van der Waals surface area contributed by atoms with E-state index in [1.807, 2.05) is 0 Å². The lowest BCUT2D eigenvalue weighted by molar-refractivity contribution is -0.151. The summed E-state index contributed by atoms with van der Waals surface area (Å²) in [5.74, 6) is -1.29. The zero-order valence-electron chi connectivity index (χ0n) is 12.7. The number of carbonyl (C=O) groups excluding carboxylic acids is 1. The Hall–Kier alpha value is -1.06. The number of carbonyl (C=O) groups is 2. The molecule has 110 valence electrons. The van der Waals surface area contributed by atoms with Gasteiger partial charge in [0.2, 0.25) is 5.91 Å². The van der Waals surface area contributed by atoms with Crippen LogP contribution in [0.25, 0.3) is 0 Å². The van der Waals surface area contributed by atoms with Crippen LogP contribution in [0.1, 0.15) is 53.9 Å². The number of hydrogen-bond acceptors (Lipinski definition) is 2. The van der Waals surface area contributed by atoms with Crippen LogP contribution < -0.4 is 5.32 Å². The largest absolute Gasteiger partial charge is 0.481 e. The molecular formula is C15H27NO3. The molecule has 1 fully saturated rings. The van der Waals surface area contributed by atoms with Crippen molar-refractivity contribution in [3.8, 4) is 0 Å². The van der Waals surface area contributed by atoms with Gasteiger partial charge in [0, 0.05) is 6.04 Å². The van der Waals surface area contributed by atoms with E-state index in [2.05, 4.69) is 19.2 Å². The van der Waals surface area contributed by atoms with Gasteiger partial charge in [-0.3, -0.25) is 9.59 Å². The standard InChI is InChI=1S/C15H27NO3/c1-6-10-7-8-11(9(10)2)16-13(17)12(14(18)19)15(3,4)5/h9-12H,6-8H2,1-5H3,(H,16,17)(H,18,19). The Kier molecular flexibility index (Phi) is 4.99. The summed E-state index contributed by atoms with van der Waals surface area (Å²) in [6, 6.07) is 0.127. The maximum absolute atomic E-state index is 12.2. The Bertz CT molecular complexity index is 346.